The van der Waals surface area contributed by atoms with E-state index in [1.54, 1.807) is 12.0 Å². The molecular weight excluding hydrogens is 639 g/mol. The Morgan fingerprint density at radius 1 is 1.06 bits per heavy atom. The first-order valence-corrected chi connectivity index (χ1v) is 20.0. The summed E-state index contributed by atoms with van der Waals surface area (Å²) in [6.45, 7) is 8.72. The summed E-state index contributed by atoms with van der Waals surface area (Å²) in [6.07, 6.45) is 2.38. The maximum Gasteiger partial charge on any atom is 0.414 e. The van der Waals surface area contributed by atoms with E-state index in [1.165, 1.54) is 5.19 Å². The highest BCUT2D eigenvalue weighted by Gasteiger charge is 2.66. The van der Waals surface area contributed by atoms with Gasteiger partial charge in [0.1, 0.15) is 12.4 Å². The van der Waals surface area contributed by atoms with Crippen molar-refractivity contribution in [3.63, 3.8) is 0 Å². The number of rotatable bonds is 11. The van der Waals surface area contributed by atoms with Crippen molar-refractivity contribution in [2.45, 2.75) is 63.2 Å². The molecule has 4 aromatic rings. The molecule has 0 saturated carbocycles. The normalized spacial score (nSPS) is 23.4. The predicted octanol–water partition coefficient (Wildman–Crippen LogP) is 4.63. The molecule has 4 heterocycles. The molecule has 12 heteroatoms. The summed E-state index contributed by atoms with van der Waals surface area (Å²) in [5, 5.41) is 19.2. The van der Waals surface area contributed by atoms with Crippen molar-refractivity contribution in [3.05, 3.63) is 95.8 Å². The monoisotopic (exact) mass is 681 g/mol. The van der Waals surface area contributed by atoms with Crippen LogP contribution in [0.25, 0.3) is 0 Å². The Kier molecular flexibility index (Phi) is 8.80. The van der Waals surface area contributed by atoms with Crippen molar-refractivity contribution < 1.29 is 28.9 Å². The van der Waals surface area contributed by atoms with Gasteiger partial charge < -0.3 is 24.2 Å². The van der Waals surface area contributed by atoms with Crippen LogP contribution in [0.2, 0.25) is 18.6 Å². The van der Waals surface area contributed by atoms with E-state index in [0.29, 0.717) is 39.1 Å². The minimum atomic E-state index is -2.30. The van der Waals surface area contributed by atoms with Crippen molar-refractivity contribution in [2.75, 3.05) is 36.7 Å². The first-order chi connectivity index (χ1) is 23.7. The molecule has 256 valence electrons. The topological polar surface area (TPSA) is 119 Å². The number of para-hydroxylation sites is 1. The second-order valence-corrected chi connectivity index (χ2v) is 18.4. The van der Waals surface area contributed by atoms with Crippen molar-refractivity contribution >= 4 is 36.6 Å². The molecule has 2 amide bonds. The smallest absolute Gasteiger partial charge is 0.414 e. The number of fused-ring (bicyclic) bond motifs is 2. The molecule has 2 fully saturated rings. The Morgan fingerprint density at radius 3 is 2.59 bits per heavy atom. The molecule has 7 rings (SSSR count). The highest BCUT2D eigenvalue weighted by Crippen LogP contribution is 2.60. The molecule has 0 unspecified atom stereocenters. The van der Waals surface area contributed by atoms with Gasteiger partial charge in [-0.15, -0.1) is 5.10 Å². The number of aryl methyl sites for hydroxylation is 1. The number of amides is 2. The molecule has 4 atom stereocenters. The van der Waals surface area contributed by atoms with E-state index in [1.807, 2.05) is 76.4 Å². The lowest BCUT2D eigenvalue weighted by Gasteiger charge is -2.37. The van der Waals surface area contributed by atoms with Gasteiger partial charge in [0.05, 0.1) is 45.8 Å². The summed E-state index contributed by atoms with van der Waals surface area (Å²) in [7, 11) is -0.630. The summed E-state index contributed by atoms with van der Waals surface area (Å²) in [5.41, 5.74) is 3.07. The third-order valence-corrected chi connectivity index (χ3v) is 15.0. The fraction of sp³-hybridized carbons (Fsp3) is 0.405. The van der Waals surface area contributed by atoms with E-state index in [-0.39, 0.29) is 36.2 Å². The summed E-state index contributed by atoms with van der Waals surface area (Å²) < 4.78 is 19.7. The van der Waals surface area contributed by atoms with Crippen molar-refractivity contribution in [1.82, 2.24) is 15.0 Å². The highest BCUT2D eigenvalue weighted by atomic mass is 28.3. The molecule has 11 nitrogen and oxygen atoms in total. The number of cyclic esters (lactones) is 1. The third kappa shape index (κ3) is 5.71. The van der Waals surface area contributed by atoms with E-state index in [9.17, 15) is 9.90 Å². The first kappa shape index (κ1) is 33.0. The Balaban J connectivity index is 1.25. The third-order valence-electron chi connectivity index (χ3n) is 10.7. The van der Waals surface area contributed by atoms with Crippen LogP contribution in [0.5, 0.6) is 5.75 Å². The average molecular weight is 682 g/mol. The van der Waals surface area contributed by atoms with Crippen LogP contribution in [0.1, 0.15) is 30.2 Å². The number of nitrogens with zero attached hydrogens (tertiary/aromatic N) is 5. The van der Waals surface area contributed by atoms with E-state index in [4.69, 9.17) is 14.2 Å². The molecule has 0 aliphatic carbocycles. The van der Waals surface area contributed by atoms with Gasteiger partial charge in [0.2, 0.25) is 0 Å². The van der Waals surface area contributed by atoms with Gasteiger partial charge in [0.25, 0.3) is 5.91 Å². The number of carbonyl (C=O) groups excluding carboxylic acids is 2. The number of methoxy groups -OCH3 is 1. The molecule has 0 bridgehead atoms. The van der Waals surface area contributed by atoms with Crippen molar-refractivity contribution in [3.8, 4) is 5.75 Å². The van der Waals surface area contributed by atoms with E-state index in [2.05, 4.69) is 42.5 Å². The van der Waals surface area contributed by atoms with Gasteiger partial charge in [-0.2, -0.15) is 0 Å². The number of aliphatic hydroxyl groups is 1. The van der Waals surface area contributed by atoms with Gasteiger partial charge in [-0.25, -0.2) is 4.79 Å². The Labute approximate surface area is 287 Å². The summed E-state index contributed by atoms with van der Waals surface area (Å²) in [4.78, 5) is 30.8. The lowest BCUT2D eigenvalue weighted by Crippen LogP contribution is -2.51. The van der Waals surface area contributed by atoms with Gasteiger partial charge in [-0.05, 0) is 47.9 Å². The van der Waals surface area contributed by atoms with Gasteiger partial charge in [0, 0.05) is 42.9 Å². The van der Waals surface area contributed by atoms with Gasteiger partial charge in [-0.1, -0.05) is 72.9 Å². The van der Waals surface area contributed by atoms with Crippen LogP contribution in [0, 0.1) is 5.92 Å². The maximum absolute atomic E-state index is 15.0. The van der Waals surface area contributed by atoms with Crippen LogP contribution >= 0.6 is 0 Å². The van der Waals surface area contributed by atoms with Gasteiger partial charge in [-0.3, -0.25) is 14.4 Å². The number of aromatic nitrogens is 3. The molecule has 1 spiro atoms. The Hall–Kier alpha value is -4.52. The minimum absolute atomic E-state index is 0.0152. The van der Waals surface area contributed by atoms with E-state index >= 15 is 4.79 Å². The fourth-order valence-corrected chi connectivity index (χ4v) is 12.3. The SMILES string of the molecule is COc1ccc([Si](C)(C)[C@H]2[C@H](CCn3cc(CCO)nn3)O[C@@]3(C(=O)N(Cc4cccc(N5CCOC5=O)c4)c4ccccc43)[C@@H]2C)cc1. The zero-order valence-electron chi connectivity index (χ0n) is 28.4. The summed E-state index contributed by atoms with van der Waals surface area (Å²) >= 11 is 0. The minimum Gasteiger partial charge on any atom is -0.497 e. The number of aliphatic hydroxyl groups excluding tert-OH is 1. The summed E-state index contributed by atoms with van der Waals surface area (Å²) in [6, 6.07) is 24.1. The van der Waals surface area contributed by atoms with E-state index in [0.717, 1.165) is 33.9 Å². The lowest BCUT2D eigenvalue weighted by molar-refractivity contribution is -0.146. The van der Waals surface area contributed by atoms with Crippen LogP contribution in [0.15, 0.2) is 79.0 Å². The Bertz CT molecular complexity index is 1850. The molecule has 3 aliphatic heterocycles. The number of benzene rings is 3. The summed E-state index contributed by atoms with van der Waals surface area (Å²) in [5.74, 6) is 0.611. The van der Waals surface area contributed by atoms with Crippen LogP contribution < -0.4 is 19.7 Å². The molecule has 0 radical (unpaired) electrons. The standard InChI is InChI=1S/C37H43N5O6Si/c1-25-34(49(3,4)30-14-12-29(46-2)13-15-30)33(16-18-40-24-27(17-20-43)38-39-40)48-37(25)31-10-5-6-11-32(31)42(35(37)44)23-26-8-7-9-28(22-26)41-19-21-47-36(41)45/h5-15,22,24-25,33-34,43H,16-21,23H2,1-4H3/t25-,33+,34-,37+/m1/s1. The van der Waals surface area contributed by atoms with Crippen molar-refractivity contribution in [1.29, 1.82) is 0 Å². The second-order valence-electron chi connectivity index (χ2n) is 13.7. The molecule has 3 aliphatic rings. The highest BCUT2D eigenvalue weighted by molar-refractivity contribution is 6.91. The number of ether oxygens (including phenoxy) is 3. The van der Waals surface area contributed by atoms with Crippen LogP contribution in [-0.4, -0.2) is 73.1 Å². The molecule has 1 aromatic heterocycles. The molecular formula is C37H43N5O6Si. The average Bonchev–Trinajstić information content (AvgIpc) is 3.87. The quantitative estimate of drug-likeness (QED) is 0.228. The molecule has 49 heavy (non-hydrogen) atoms. The fourth-order valence-electron chi connectivity index (χ4n) is 8.26. The predicted molar refractivity (Wildman–Crippen MR) is 188 cm³/mol. The second kappa shape index (κ2) is 13.1. The van der Waals surface area contributed by atoms with E-state index < -0.39 is 13.7 Å². The lowest BCUT2D eigenvalue weighted by atomic mass is 9.82. The number of hydrogen-bond donors (Lipinski definition) is 1. The molecule has 2 saturated heterocycles. The molecule has 1 N–H and O–H groups in total. The number of anilines is 2. The van der Waals surface area contributed by atoms with Crippen LogP contribution in [0.4, 0.5) is 16.2 Å². The van der Waals surface area contributed by atoms with Crippen molar-refractivity contribution in [2.24, 2.45) is 5.92 Å². The number of carbonyl (C=O) groups is 2. The largest absolute Gasteiger partial charge is 0.497 e. The van der Waals surface area contributed by atoms with Gasteiger partial charge >= 0.3 is 6.09 Å². The number of hydrogen-bond acceptors (Lipinski definition) is 8. The Morgan fingerprint density at radius 2 is 1.86 bits per heavy atom. The zero-order chi connectivity index (χ0) is 34.3. The van der Waals surface area contributed by atoms with Gasteiger partial charge in [0.15, 0.2) is 5.60 Å². The maximum atomic E-state index is 15.0. The van der Waals surface area contributed by atoms with Crippen LogP contribution in [-0.2, 0) is 39.4 Å². The molecule has 3 aromatic carbocycles. The van der Waals surface area contributed by atoms with Crippen LogP contribution in [0.3, 0.4) is 0 Å². The zero-order valence-corrected chi connectivity index (χ0v) is 29.4. The first-order valence-electron chi connectivity index (χ1n) is 16.9.